The van der Waals surface area contributed by atoms with Crippen LogP contribution in [0.5, 0.6) is 11.5 Å². The van der Waals surface area contributed by atoms with Crippen LogP contribution in [0.15, 0.2) is 77.7 Å². The van der Waals surface area contributed by atoms with Crippen LogP contribution in [-0.2, 0) is 16.0 Å². The Morgan fingerprint density at radius 2 is 1.68 bits per heavy atom. The minimum Gasteiger partial charge on any atom is -0.476 e. The van der Waals surface area contributed by atoms with Gasteiger partial charge in [0.2, 0.25) is 0 Å². The lowest BCUT2D eigenvalue weighted by atomic mass is 9.84. The number of hydrogen-bond donors (Lipinski definition) is 0. The summed E-state index contributed by atoms with van der Waals surface area (Å²) in [6, 6.07) is 20.5. The van der Waals surface area contributed by atoms with E-state index in [-0.39, 0.29) is 43.6 Å². The van der Waals surface area contributed by atoms with Crippen LogP contribution in [-0.4, -0.2) is 54.3 Å². The second kappa shape index (κ2) is 13.2. The van der Waals surface area contributed by atoms with Gasteiger partial charge in [0.15, 0.2) is 11.4 Å². The Morgan fingerprint density at radius 1 is 0.976 bits per heavy atom. The molecule has 1 amide bonds. The molecule has 216 valence electrons. The normalized spacial score (nSPS) is 16.8. The lowest BCUT2D eigenvalue weighted by Crippen LogP contribution is -2.39. The number of esters is 1. The summed E-state index contributed by atoms with van der Waals surface area (Å²) in [6.45, 7) is 5.42. The Bertz CT molecular complexity index is 1380. The van der Waals surface area contributed by atoms with Gasteiger partial charge in [-0.15, -0.1) is 11.8 Å². The highest BCUT2D eigenvalue weighted by atomic mass is 32.2. The lowest BCUT2D eigenvalue weighted by molar-refractivity contribution is -0.158. The highest BCUT2D eigenvalue weighted by molar-refractivity contribution is 7.98. The van der Waals surface area contributed by atoms with Gasteiger partial charge in [0.05, 0.1) is 6.61 Å². The summed E-state index contributed by atoms with van der Waals surface area (Å²) in [4.78, 5) is 41.4. The van der Waals surface area contributed by atoms with Gasteiger partial charge in [-0.3, -0.25) is 4.79 Å². The van der Waals surface area contributed by atoms with Gasteiger partial charge in [-0.1, -0.05) is 36.4 Å². The Balaban J connectivity index is 1.54. The topological polar surface area (TPSA) is 82.1 Å². The first-order valence-electron chi connectivity index (χ1n) is 13.5. The number of carbonyl (C=O) groups excluding carboxylic acids is 3. The number of rotatable bonds is 10. The zero-order valence-corrected chi connectivity index (χ0v) is 24.4. The molecule has 9 heteroatoms. The minimum absolute atomic E-state index is 0.103. The first-order chi connectivity index (χ1) is 19.6. The number of likely N-dealkylation sites (tertiary alicyclic amines) is 1. The van der Waals surface area contributed by atoms with Gasteiger partial charge in [0.25, 0.3) is 0 Å². The number of hydrogen-bond acceptors (Lipinski definition) is 7. The number of halogens is 1. The van der Waals surface area contributed by atoms with Crippen molar-refractivity contribution in [3.05, 3.63) is 89.7 Å². The Labute approximate surface area is 244 Å². The van der Waals surface area contributed by atoms with Crippen molar-refractivity contribution in [2.45, 2.75) is 37.7 Å². The van der Waals surface area contributed by atoms with Crippen LogP contribution in [0.2, 0.25) is 0 Å². The number of carbonyl (C=O) groups is 3. The number of Topliss-reactive ketones (excluding diaryl/α,β-unsaturated/α-hetero) is 1. The van der Waals surface area contributed by atoms with E-state index in [9.17, 15) is 14.4 Å². The quantitative estimate of drug-likeness (QED) is 0.155. The summed E-state index contributed by atoms with van der Waals surface area (Å²) in [6.07, 6.45) is 1.63. The van der Waals surface area contributed by atoms with E-state index in [4.69, 9.17) is 14.2 Å². The summed E-state index contributed by atoms with van der Waals surface area (Å²) in [5, 5.41) is 0. The Kier molecular flexibility index (Phi) is 9.70. The van der Waals surface area contributed by atoms with E-state index in [1.165, 1.54) is 11.0 Å². The van der Waals surface area contributed by atoms with Crippen molar-refractivity contribution >= 4 is 29.6 Å². The van der Waals surface area contributed by atoms with Crippen LogP contribution in [0.4, 0.5) is 9.18 Å². The van der Waals surface area contributed by atoms with Crippen molar-refractivity contribution in [3.8, 4) is 11.5 Å². The van der Waals surface area contributed by atoms with Gasteiger partial charge in [-0.2, -0.15) is 0 Å². The van der Waals surface area contributed by atoms with E-state index in [1.807, 2.05) is 24.5 Å². The molecule has 7 nitrogen and oxygen atoms in total. The molecule has 0 radical (unpaired) electrons. The van der Waals surface area contributed by atoms with Crippen LogP contribution in [0.25, 0.3) is 0 Å². The lowest BCUT2D eigenvalue weighted by Gasteiger charge is -2.24. The maximum absolute atomic E-state index is 15.3. The van der Waals surface area contributed by atoms with Crippen molar-refractivity contribution < 1.29 is 33.0 Å². The van der Waals surface area contributed by atoms with Crippen molar-refractivity contribution in [1.29, 1.82) is 0 Å². The predicted octanol–water partition coefficient (Wildman–Crippen LogP) is 6.44. The van der Waals surface area contributed by atoms with E-state index in [2.05, 4.69) is 0 Å². The van der Waals surface area contributed by atoms with Gasteiger partial charge in [-0.25, -0.2) is 14.0 Å². The third kappa shape index (κ3) is 7.47. The fourth-order valence-corrected chi connectivity index (χ4v) is 5.24. The van der Waals surface area contributed by atoms with Crippen LogP contribution in [0.1, 0.15) is 36.7 Å². The van der Waals surface area contributed by atoms with Crippen molar-refractivity contribution in [3.63, 3.8) is 0 Å². The molecule has 1 heterocycles. The molecule has 3 aromatic carbocycles. The molecule has 0 aromatic heterocycles. The highest BCUT2D eigenvalue weighted by Crippen LogP contribution is 2.33. The summed E-state index contributed by atoms with van der Waals surface area (Å²) >= 11 is 1.58. The summed E-state index contributed by atoms with van der Waals surface area (Å²) < 4.78 is 31.6. The molecule has 4 rings (SSSR count). The SMILES string of the molecule is CCOC(=O)C(C)(C)Oc1ccc(C[C@H]2CN(C(=O)Oc3ccccc3)C[C@@H]2C(=O)c2ccc(SC)cc2)c(F)c1. The molecule has 0 bridgehead atoms. The molecule has 0 spiro atoms. The van der Waals surface area contributed by atoms with E-state index in [1.54, 1.807) is 81.1 Å². The summed E-state index contributed by atoms with van der Waals surface area (Å²) in [5.41, 5.74) is -0.371. The highest BCUT2D eigenvalue weighted by Gasteiger charge is 2.41. The van der Waals surface area contributed by atoms with E-state index >= 15 is 4.39 Å². The van der Waals surface area contributed by atoms with Crippen LogP contribution in [0.3, 0.4) is 0 Å². The molecule has 0 saturated carbocycles. The van der Waals surface area contributed by atoms with E-state index in [0.717, 1.165) is 4.90 Å². The second-order valence-electron chi connectivity index (χ2n) is 10.3. The van der Waals surface area contributed by atoms with Gasteiger partial charge in [-0.05, 0) is 75.3 Å². The first kappa shape index (κ1) is 30.1. The molecule has 3 aromatic rings. The molecule has 2 atom stereocenters. The molecule has 0 N–H and O–H groups in total. The van der Waals surface area contributed by atoms with Gasteiger partial charge in [0, 0.05) is 35.5 Å². The fourth-order valence-electron chi connectivity index (χ4n) is 4.83. The molecule has 0 aliphatic carbocycles. The van der Waals surface area contributed by atoms with Crippen LogP contribution < -0.4 is 9.47 Å². The number of ketones is 1. The fraction of sp³-hybridized carbons (Fsp3) is 0.344. The Hall–Kier alpha value is -3.85. The monoisotopic (exact) mass is 579 g/mol. The summed E-state index contributed by atoms with van der Waals surface area (Å²) in [5.74, 6) is -1.48. The largest absolute Gasteiger partial charge is 0.476 e. The molecule has 1 aliphatic heterocycles. The molecule has 1 fully saturated rings. The number of thioether (sulfide) groups is 1. The van der Waals surface area contributed by atoms with Gasteiger partial charge >= 0.3 is 12.1 Å². The van der Waals surface area contributed by atoms with Crippen molar-refractivity contribution in [2.75, 3.05) is 26.0 Å². The molecule has 1 aliphatic rings. The second-order valence-corrected chi connectivity index (χ2v) is 11.2. The molecule has 0 unspecified atom stereocenters. The zero-order chi connectivity index (χ0) is 29.6. The average molecular weight is 580 g/mol. The third-order valence-electron chi connectivity index (χ3n) is 7.01. The summed E-state index contributed by atoms with van der Waals surface area (Å²) in [7, 11) is 0. The number of amides is 1. The van der Waals surface area contributed by atoms with Gasteiger partial charge in [0.1, 0.15) is 17.3 Å². The van der Waals surface area contributed by atoms with Crippen molar-refractivity contribution in [2.24, 2.45) is 11.8 Å². The zero-order valence-electron chi connectivity index (χ0n) is 23.6. The number of benzene rings is 3. The molecular weight excluding hydrogens is 545 g/mol. The smallest absolute Gasteiger partial charge is 0.415 e. The number of para-hydroxylation sites is 1. The van der Waals surface area contributed by atoms with Crippen LogP contribution >= 0.6 is 11.8 Å². The number of nitrogens with zero attached hydrogens (tertiary/aromatic N) is 1. The van der Waals surface area contributed by atoms with E-state index < -0.39 is 29.4 Å². The molecular formula is C32H34FNO6S. The number of ether oxygens (including phenoxy) is 3. The minimum atomic E-state index is -1.29. The molecule has 1 saturated heterocycles. The maximum Gasteiger partial charge on any atom is 0.415 e. The maximum atomic E-state index is 15.3. The van der Waals surface area contributed by atoms with E-state index in [0.29, 0.717) is 16.9 Å². The van der Waals surface area contributed by atoms with Crippen LogP contribution in [0, 0.1) is 17.7 Å². The average Bonchev–Trinajstić information content (AvgIpc) is 3.38. The third-order valence-corrected chi connectivity index (χ3v) is 7.75. The van der Waals surface area contributed by atoms with Gasteiger partial charge < -0.3 is 19.1 Å². The standard InChI is InChI=1S/C32H34FNO6S/c1-5-38-30(36)32(2,3)40-25-14-11-22(28(33)18-25)17-23-19-34(31(37)39-24-9-7-6-8-10-24)20-27(23)29(35)21-12-15-26(41-4)16-13-21/h6-16,18,23,27H,5,17,19-20H2,1-4H3/t23-,27-/m0/s1. The predicted molar refractivity (Wildman–Crippen MR) is 155 cm³/mol. The first-order valence-corrected chi connectivity index (χ1v) is 14.7. The van der Waals surface area contributed by atoms with Crippen molar-refractivity contribution in [1.82, 2.24) is 4.90 Å². The Morgan fingerprint density at radius 3 is 2.32 bits per heavy atom. The molecule has 41 heavy (non-hydrogen) atoms.